The molecule has 0 radical (unpaired) electrons. The molecule has 4 nitrogen and oxygen atoms in total. The number of hydrogen-bond acceptors (Lipinski definition) is 3. The highest BCUT2D eigenvalue weighted by atomic mass is 16.5. The molecule has 2 rings (SSSR count). The van der Waals surface area contributed by atoms with Gasteiger partial charge >= 0.3 is 0 Å². The van der Waals surface area contributed by atoms with E-state index in [9.17, 15) is 4.79 Å². The molecule has 16 heavy (non-hydrogen) atoms. The fraction of sp³-hybridized carbons (Fsp3) is 0.917. The lowest BCUT2D eigenvalue weighted by Crippen LogP contribution is -2.59. The van der Waals surface area contributed by atoms with Gasteiger partial charge in [0.05, 0.1) is 5.60 Å². The lowest BCUT2D eigenvalue weighted by Gasteiger charge is -2.38. The minimum atomic E-state index is -0.128. The first-order valence-electron chi connectivity index (χ1n) is 6.21. The quantitative estimate of drug-likeness (QED) is 0.700. The van der Waals surface area contributed by atoms with Gasteiger partial charge in [-0.05, 0) is 26.2 Å². The molecule has 1 aliphatic heterocycles. The second-order valence-corrected chi connectivity index (χ2v) is 5.49. The Bertz CT molecular complexity index is 260. The van der Waals surface area contributed by atoms with Crippen LogP contribution in [0.4, 0.5) is 0 Å². The average molecular weight is 226 g/mol. The number of nitrogens with one attached hydrogen (secondary N) is 2. The van der Waals surface area contributed by atoms with Gasteiger partial charge in [-0.1, -0.05) is 12.8 Å². The van der Waals surface area contributed by atoms with E-state index >= 15 is 0 Å². The first kappa shape index (κ1) is 11.9. The van der Waals surface area contributed by atoms with Crippen molar-refractivity contribution in [2.45, 2.75) is 44.8 Å². The molecule has 2 N–H and O–H groups in total. The minimum absolute atomic E-state index is 0.0151. The number of hydrogen-bond donors (Lipinski definition) is 2. The van der Waals surface area contributed by atoms with E-state index in [0.717, 1.165) is 25.4 Å². The molecule has 1 amide bonds. The van der Waals surface area contributed by atoms with Crippen LogP contribution >= 0.6 is 0 Å². The van der Waals surface area contributed by atoms with Crippen LogP contribution in [0.3, 0.4) is 0 Å². The summed E-state index contributed by atoms with van der Waals surface area (Å²) >= 11 is 0. The van der Waals surface area contributed by atoms with Gasteiger partial charge < -0.3 is 15.4 Å². The van der Waals surface area contributed by atoms with Crippen LogP contribution in [-0.2, 0) is 9.53 Å². The summed E-state index contributed by atoms with van der Waals surface area (Å²) < 4.78 is 5.57. The van der Waals surface area contributed by atoms with Gasteiger partial charge in [-0.15, -0.1) is 0 Å². The Kier molecular flexibility index (Phi) is 3.50. The number of rotatable bonds is 6. The molecule has 1 aliphatic carbocycles. The average Bonchev–Trinajstić information content (AvgIpc) is 2.95. The first-order chi connectivity index (χ1) is 7.57. The van der Waals surface area contributed by atoms with Crippen LogP contribution in [0, 0.1) is 5.92 Å². The Morgan fingerprint density at radius 2 is 2.25 bits per heavy atom. The maximum Gasteiger partial charge on any atom is 0.246 e. The predicted molar refractivity (Wildman–Crippen MR) is 62.2 cm³/mol. The summed E-state index contributed by atoms with van der Waals surface area (Å²) in [5.74, 6) is 0.867. The van der Waals surface area contributed by atoms with Crippen molar-refractivity contribution in [3.8, 4) is 0 Å². The smallest absolute Gasteiger partial charge is 0.246 e. The van der Waals surface area contributed by atoms with Crippen LogP contribution < -0.4 is 10.6 Å². The fourth-order valence-electron chi connectivity index (χ4n) is 2.05. The van der Waals surface area contributed by atoms with Crippen molar-refractivity contribution in [3.63, 3.8) is 0 Å². The third-order valence-electron chi connectivity index (χ3n) is 3.34. The first-order valence-corrected chi connectivity index (χ1v) is 6.21. The van der Waals surface area contributed by atoms with Gasteiger partial charge in [0.1, 0.15) is 6.61 Å². The minimum Gasteiger partial charge on any atom is -0.363 e. The molecule has 2 fully saturated rings. The number of carbonyl (C=O) groups is 1. The Morgan fingerprint density at radius 1 is 1.56 bits per heavy atom. The molecule has 0 spiro atoms. The van der Waals surface area contributed by atoms with Crippen molar-refractivity contribution in [2.24, 2.45) is 5.92 Å². The number of amides is 1. The van der Waals surface area contributed by atoms with Crippen LogP contribution in [0.2, 0.25) is 0 Å². The molecule has 1 atom stereocenters. The van der Waals surface area contributed by atoms with Crippen molar-refractivity contribution in [1.82, 2.24) is 10.6 Å². The van der Waals surface area contributed by atoms with Crippen molar-refractivity contribution in [3.05, 3.63) is 0 Å². The van der Waals surface area contributed by atoms with Crippen LogP contribution in [0.1, 0.15) is 33.1 Å². The molecule has 0 bridgehead atoms. The Balaban J connectivity index is 1.59. The van der Waals surface area contributed by atoms with E-state index in [4.69, 9.17) is 4.74 Å². The zero-order valence-corrected chi connectivity index (χ0v) is 10.2. The van der Waals surface area contributed by atoms with E-state index in [1.807, 2.05) is 6.92 Å². The van der Waals surface area contributed by atoms with Gasteiger partial charge in [-0.25, -0.2) is 0 Å². The van der Waals surface area contributed by atoms with Crippen molar-refractivity contribution >= 4 is 5.91 Å². The van der Waals surface area contributed by atoms with E-state index in [-0.39, 0.29) is 24.2 Å². The molecule has 4 heteroatoms. The van der Waals surface area contributed by atoms with Crippen LogP contribution in [0.25, 0.3) is 0 Å². The second kappa shape index (κ2) is 4.72. The highest BCUT2D eigenvalue weighted by molar-refractivity contribution is 5.77. The van der Waals surface area contributed by atoms with E-state index in [1.54, 1.807) is 0 Å². The summed E-state index contributed by atoms with van der Waals surface area (Å²) in [5, 5.41) is 6.13. The predicted octanol–water partition coefficient (Wildman–Crippen LogP) is 0.670. The number of ether oxygens (including phenoxy) is 1. The summed E-state index contributed by atoms with van der Waals surface area (Å²) in [6, 6.07) is 0.288. The highest BCUT2D eigenvalue weighted by Crippen LogP contribution is 2.33. The van der Waals surface area contributed by atoms with Crippen molar-refractivity contribution in [2.75, 3.05) is 19.7 Å². The molecular formula is C12H22N2O2. The third-order valence-corrected chi connectivity index (χ3v) is 3.34. The topological polar surface area (TPSA) is 50.4 Å². The Morgan fingerprint density at radius 3 is 2.75 bits per heavy atom. The van der Waals surface area contributed by atoms with E-state index in [2.05, 4.69) is 17.6 Å². The van der Waals surface area contributed by atoms with Crippen molar-refractivity contribution in [1.29, 1.82) is 0 Å². The number of carbonyl (C=O) groups excluding carboxylic acids is 1. The second-order valence-electron chi connectivity index (χ2n) is 5.49. The zero-order valence-electron chi connectivity index (χ0n) is 10.2. The van der Waals surface area contributed by atoms with Crippen LogP contribution in [-0.4, -0.2) is 37.2 Å². The SMILES string of the molecule is CC(CC1CC1)NC(=O)COC1(C)CNC1. The summed E-state index contributed by atoms with van der Waals surface area (Å²) in [6.07, 6.45) is 3.78. The molecule has 92 valence electrons. The molecule has 0 aromatic rings. The summed E-state index contributed by atoms with van der Waals surface area (Å²) in [7, 11) is 0. The standard InChI is InChI=1S/C12H22N2O2/c1-9(5-10-3-4-10)14-11(15)6-16-12(2)7-13-8-12/h9-10,13H,3-8H2,1-2H3,(H,14,15). The monoisotopic (exact) mass is 226 g/mol. The van der Waals surface area contributed by atoms with Gasteiger partial charge in [0.25, 0.3) is 0 Å². The normalized spacial score (nSPS) is 24.6. The molecule has 0 aromatic heterocycles. The lowest BCUT2D eigenvalue weighted by molar-refractivity contribution is -0.136. The van der Waals surface area contributed by atoms with E-state index in [1.165, 1.54) is 12.8 Å². The Labute approximate surface area is 97.1 Å². The van der Waals surface area contributed by atoms with Crippen LogP contribution in [0.15, 0.2) is 0 Å². The molecule has 2 aliphatic rings. The van der Waals surface area contributed by atoms with Crippen molar-refractivity contribution < 1.29 is 9.53 Å². The fourth-order valence-corrected chi connectivity index (χ4v) is 2.05. The molecule has 1 unspecified atom stereocenters. The van der Waals surface area contributed by atoms with Gasteiger partial charge in [0, 0.05) is 19.1 Å². The molecule has 0 aromatic carbocycles. The molecular weight excluding hydrogens is 204 g/mol. The summed E-state index contributed by atoms with van der Waals surface area (Å²) in [6.45, 7) is 5.98. The third kappa shape index (κ3) is 3.46. The van der Waals surface area contributed by atoms with E-state index in [0.29, 0.717) is 0 Å². The molecule has 1 heterocycles. The molecule has 1 saturated carbocycles. The van der Waals surface area contributed by atoms with Crippen LogP contribution in [0.5, 0.6) is 0 Å². The zero-order chi connectivity index (χ0) is 11.6. The maximum atomic E-state index is 11.6. The van der Waals surface area contributed by atoms with Gasteiger partial charge in [-0.3, -0.25) is 4.79 Å². The maximum absolute atomic E-state index is 11.6. The summed E-state index contributed by atoms with van der Waals surface area (Å²) in [5.41, 5.74) is -0.128. The largest absolute Gasteiger partial charge is 0.363 e. The molecule has 1 saturated heterocycles. The van der Waals surface area contributed by atoms with Gasteiger partial charge in [-0.2, -0.15) is 0 Å². The highest BCUT2D eigenvalue weighted by Gasteiger charge is 2.33. The van der Waals surface area contributed by atoms with Gasteiger partial charge in [0.15, 0.2) is 0 Å². The summed E-state index contributed by atoms with van der Waals surface area (Å²) in [4.78, 5) is 11.6. The lowest BCUT2D eigenvalue weighted by atomic mass is 10.0. The van der Waals surface area contributed by atoms with E-state index < -0.39 is 0 Å². The Hall–Kier alpha value is -0.610. The van der Waals surface area contributed by atoms with Gasteiger partial charge in [0.2, 0.25) is 5.91 Å².